The number of amides is 1. The molecular formula is C20H20N4O. The van der Waals surface area contributed by atoms with Crippen LogP contribution in [0.2, 0.25) is 0 Å². The molecule has 1 fully saturated rings. The Bertz CT molecular complexity index is 916. The maximum Gasteiger partial charge on any atom is 0.243 e. The maximum absolute atomic E-state index is 11.5. The van der Waals surface area contributed by atoms with E-state index in [9.17, 15) is 4.79 Å². The molecule has 25 heavy (non-hydrogen) atoms. The van der Waals surface area contributed by atoms with Crippen LogP contribution in [0.4, 0.5) is 5.69 Å². The number of hydrogen-bond donors (Lipinski definition) is 2. The summed E-state index contributed by atoms with van der Waals surface area (Å²) in [7, 11) is 0. The molecule has 1 aromatic carbocycles. The highest BCUT2D eigenvalue weighted by Gasteiger charge is 2.24. The van der Waals surface area contributed by atoms with E-state index in [1.54, 1.807) is 0 Å². The second-order valence-corrected chi connectivity index (χ2v) is 6.30. The van der Waals surface area contributed by atoms with Crippen molar-refractivity contribution in [3.05, 3.63) is 61.4 Å². The summed E-state index contributed by atoms with van der Waals surface area (Å²) in [4.78, 5) is 21.6. The van der Waals surface area contributed by atoms with Crippen molar-refractivity contribution >= 4 is 22.6 Å². The van der Waals surface area contributed by atoms with Gasteiger partial charge in [-0.25, -0.2) is 4.98 Å². The van der Waals surface area contributed by atoms with Crippen LogP contribution >= 0.6 is 0 Å². The molecular weight excluding hydrogens is 312 g/mol. The predicted octanol–water partition coefficient (Wildman–Crippen LogP) is 3.11. The Morgan fingerprint density at radius 1 is 1.36 bits per heavy atom. The zero-order valence-corrected chi connectivity index (χ0v) is 13.9. The van der Waals surface area contributed by atoms with Crippen LogP contribution in [-0.2, 0) is 4.79 Å². The van der Waals surface area contributed by atoms with E-state index in [4.69, 9.17) is 0 Å². The molecule has 5 heteroatoms. The molecule has 1 aliphatic heterocycles. The minimum Gasteiger partial charge on any atom is -0.368 e. The van der Waals surface area contributed by atoms with Crippen LogP contribution in [0, 0.1) is 0 Å². The van der Waals surface area contributed by atoms with Crippen molar-refractivity contribution in [3.63, 3.8) is 0 Å². The van der Waals surface area contributed by atoms with Crippen molar-refractivity contribution in [1.29, 1.82) is 0 Å². The summed E-state index contributed by atoms with van der Waals surface area (Å²) < 4.78 is 0. The molecule has 1 atom stereocenters. The monoisotopic (exact) mass is 332 g/mol. The van der Waals surface area contributed by atoms with Crippen LogP contribution in [0.25, 0.3) is 22.2 Å². The van der Waals surface area contributed by atoms with Crippen LogP contribution in [0.15, 0.2) is 61.4 Å². The average Bonchev–Trinajstić information content (AvgIpc) is 3.28. The first-order chi connectivity index (χ1) is 12.2. The molecule has 1 aliphatic rings. The van der Waals surface area contributed by atoms with E-state index in [0.717, 1.165) is 41.8 Å². The van der Waals surface area contributed by atoms with Gasteiger partial charge in [0, 0.05) is 36.3 Å². The van der Waals surface area contributed by atoms with Crippen molar-refractivity contribution in [2.24, 2.45) is 0 Å². The Morgan fingerprint density at radius 3 is 3.00 bits per heavy atom. The second-order valence-electron chi connectivity index (χ2n) is 6.30. The quantitative estimate of drug-likeness (QED) is 0.722. The van der Waals surface area contributed by atoms with Crippen molar-refractivity contribution in [2.45, 2.75) is 12.5 Å². The molecule has 4 rings (SSSR count). The van der Waals surface area contributed by atoms with E-state index < -0.39 is 0 Å². The number of carbonyl (C=O) groups excluding carboxylic acids is 1. The van der Waals surface area contributed by atoms with Crippen molar-refractivity contribution < 1.29 is 4.79 Å². The van der Waals surface area contributed by atoms with Crippen molar-refractivity contribution in [1.82, 2.24) is 15.3 Å². The first kappa shape index (κ1) is 15.4. The van der Waals surface area contributed by atoms with E-state index >= 15 is 0 Å². The number of nitrogens with zero attached hydrogens (tertiary/aromatic N) is 2. The topological polar surface area (TPSA) is 61.0 Å². The first-order valence-electron chi connectivity index (χ1n) is 8.45. The number of aromatic amines is 1. The lowest BCUT2D eigenvalue weighted by Crippen LogP contribution is -2.36. The van der Waals surface area contributed by atoms with Gasteiger partial charge in [-0.3, -0.25) is 4.79 Å². The Morgan fingerprint density at radius 2 is 2.20 bits per heavy atom. The summed E-state index contributed by atoms with van der Waals surface area (Å²) in [5.74, 6) is -0.113. The second kappa shape index (κ2) is 6.43. The Balaban J connectivity index is 1.61. The van der Waals surface area contributed by atoms with Crippen LogP contribution < -0.4 is 10.2 Å². The van der Waals surface area contributed by atoms with Crippen LogP contribution in [0.5, 0.6) is 0 Å². The Labute approximate surface area is 146 Å². The van der Waals surface area contributed by atoms with Crippen LogP contribution in [-0.4, -0.2) is 35.0 Å². The van der Waals surface area contributed by atoms with Gasteiger partial charge in [0.05, 0.1) is 11.9 Å². The maximum atomic E-state index is 11.5. The molecule has 0 radical (unpaired) electrons. The molecule has 0 bridgehead atoms. The number of nitrogens with one attached hydrogen (secondary N) is 2. The zero-order chi connectivity index (χ0) is 17.2. The minimum atomic E-state index is -0.113. The molecule has 0 saturated carbocycles. The van der Waals surface area contributed by atoms with Gasteiger partial charge in [0.15, 0.2) is 0 Å². The standard InChI is InChI=1S/C20H20N4O/c1-2-19(25)23-15-8-9-24(13-15)16-10-17-18(12-22-20(17)21-11-16)14-6-4-3-5-7-14/h2-7,10-12,15H,1,8-9,13H2,(H,21,22)(H,23,25). The average molecular weight is 332 g/mol. The van der Waals surface area contributed by atoms with Gasteiger partial charge in [-0.15, -0.1) is 0 Å². The first-order valence-corrected chi connectivity index (χ1v) is 8.45. The number of benzene rings is 1. The summed E-state index contributed by atoms with van der Waals surface area (Å²) >= 11 is 0. The number of pyridine rings is 1. The number of hydrogen-bond acceptors (Lipinski definition) is 3. The fraction of sp³-hybridized carbons (Fsp3) is 0.200. The lowest BCUT2D eigenvalue weighted by atomic mass is 10.1. The fourth-order valence-electron chi connectivity index (χ4n) is 3.39. The fourth-order valence-corrected chi connectivity index (χ4v) is 3.39. The number of carbonyl (C=O) groups is 1. The molecule has 0 aliphatic carbocycles. The molecule has 126 valence electrons. The van der Waals surface area contributed by atoms with E-state index in [0.29, 0.717) is 0 Å². The van der Waals surface area contributed by atoms with Crippen LogP contribution in [0.1, 0.15) is 6.42 Å². The number of aromatic nitrogens is 2. The highest BCUT2D eigenvalue weighted by atomic mass is 16.1. The Kier molecular flexibility index (Phi) is 3.98. The summed E-state index contributed by atoms with van der Waals surface area (Å²) in [6.07, 6.45) is 6.15. The van der Waals surface area contributed by atoms with Crippen molar-refractivity contribution in [2.75, 3.05) is 18.0 Å². The molecule has 1 amide bonds. The molecule has 1 saturated heterocycles. The molecule has 2 aromatic heterocycles. The van der Waals surface area contributed by atoms with Gasteiger partial charge < -0.3 is 15.2 Å². The van der Waals surface area contributed by atoms with Gasteiger partial charge in [0.2, 0.25) is 5.91 Å². The predicted molar refractivity (Wildman–Crippen MR) is 100 cm³/mol. The normalized spacial score (nSPS) is 17.0. The third-order valence-corrected chi connectivity index (χ3v) is 4.69. The minimum absolute atomic E-state index is 0.113. The molecule has 3 heterocycles. The van der Waals surface area contributed by atoms with Gasteiger partial charge in [-0.05, 0) is 24.1 Å². The summed E-state index contributed by atoms with van der Waals surface area (Å²) in [5.41, 5.74) is 4.30. The van der Waals surface area contributed by atoms with Gasteiger partial charge in [0.1, 0.15) is 5.65 Å². The molecule has 5 nitrogen and oxygen atoms in total. The smallest absolute Gasteiger partial charge is 0.243 e. The number of fused-ring (bicyclic) bond motifs is 1. The van der Waals surface area contributed by atoms with Gasteiger partial charge in [0.25, 0.3) is 0 Å². The third kappa shape index (κ3) is 3.01. The highest BCUT2D eigenvalue weighted by molar-refractivity contribution is 5.95. The van der Waals surface area contributed by atoms with E-state index in [-0.39, 0.29) is 11.9 Å². The highest BCUT2D eigenvalue weighted by Crippen LogP contribution is 2.31. The summed E-state index contributed by atoms with van der Waals surface area (Å²) in [6, 6.07) is 12.6. The van der Waals surface area contributed by atoms with Gasteiger partial charge in [-0.1, -0.05) is 36.9 Å². The van der Waals surface area contributed by atoms with Crippen molar-refractivity contribution in [3.8, 4) is 11.1 Å². The van der Waals surface area contributed by atoms with Crippen LogP contribution in [0.3, 0.4) is 0 Å². The third-order valence-electron chi connectivity index (χ3n) is 4.69. The lowest BCUT2D eigenvalue weighted by molar-refractivity contribution is -0.117. The summed E-state index contributed by atoms with van der Waals surface area (Å²) in [5, 5.41) is 4.09. The molecule has 3 aromatic rings. The van der Waals surface area contributed by atoms with E-state index in [1.807, 2.05) is 30.6 Å². The van der Waals surface area contributed by atoms with E-state index in [1.165, 1.54) is 11.6 Å². The Hall–Kier alpha value is -3.08. The summed E-state index contributed by atoms with van der Waals surface area (Å²) in [6.45, 7) is 5.20. The number of anilines is 1. The number of rotatable bonds is 4. The van der Waals surface area contributed by atoms with E-state index in [2.05, 4.69) is 45.0 Å². The molecule has 2 N–H and O–H groups in total. The van der Waals surface area contributed by atoms with Gasteiger partial charge in [-0.2, -0.15) is 0 Å². The number of H-pyrrole nitrogens is 1. The molecule has 1 unspecified atom stereocenters. The largest absolute Gasteiger partial charge is 0.368 e. The molecule has 0 spiro atoms. The lowest BCUT2D eigenvalue weighted by Gasteiger charge is -2.18. The SMILES string of the molecule is C=CC(=O)NC1CCN(c2cnc3[nH]cc(-c4ccccc4)c3c2)C1. The van der Waals surface area contributed by atoms with Gasteiger partial charge >= 0.3 is 0 Å². The zero-order valence-electron chi connectivity index (χ0n) is 13.9.